The van der Waals surface area contributed by atoms with Crippen molar-refractivity contribution in [3.8, 4) is 6.07 Å². The van der Waals surface area contributed by atoms with Crippen molar-refractivity contribution >= 4 is 16.8 Å². The molecule has 5 heteroatoms. The summed E-state index contributed by atoms with van der Waals surface area (Å²) in [4.78, 5) is 10.9. The molecule has 0 spiro atoms. The van der Waals surface area contributed by atoms with E-state index < -0.39 is 22.0 Å². The van der Waals surface area contributed by atoms with E-state index in [2.05, 4.69) is 0 Å². The molecular formula is C11H11NO3S. The van der Waals surface area contributed by atoms with Crippen molar-refractivity contribution in [2.24, 2.45) is 0 Å². The van der Waals surface area contributed by atoms with Crippen molar-refractivity contribution in [2.75, 3.05) is 5.75 Å². The Morgan fingerprint density at radius 1 is 1.44 bits per heavy atom. The summed E-state index contributed by atoms with van der Waals surface area (Å²) in [5.74, 6) is -1.37. The van der Waals surface area contributed by atoms with Crippen LogP contribution in [0.1, 0.15) is 5.56 Å². The van der Waals surface area contributed by atoms with E-state index >= 15 is 0 Å². The summed E-state index contributed by atoms with van der Waals surface area (Å²) in [7, 11) is -1.65. The molecule has 0 saturated carbocycles. The van der Waals surface area contributed by atoms with Gasteiger partial charge in [-0.1, -0.05) is 30.3 Å². The van der Waals surface area contributed by atoms with Gasteiger partial charge in [0.1, 0.15) is 11.0 Å². The molecule has 1 rings (SSSR count). The average molecular weight is 237 g/mol. The fourth-order valence-corrected chi connectivity index (χ4v) is 2.22. The minimum Gasteiger partial charge on any atom is -0.480 e. The van der Waals surface area contributed by atoms with E-state index in [0.29, 0.717) is 0 Å². The molecule has 0 fully saturated rings. The maximum atomic E-state index is 11.5. The zero-order chi connectivity index (χ0) is 12.0. The largest absolute Gasteiger partial charge is 0.480 e. The lowest BCUT2D eigenvalue weighted by atomic mass is 10.1. The van der Waals surface area contributed by atoms with Crippen LogP contribution in [-0.2, 0) is 22.0 Å². The third-order valence-corrected chi connectivity index (χ3v) is 3.48. The summed E-state index contributed by atoms with van der Waals surface area (Å²) >= 11 is 0. The van der Waals surface area contributed by atoms with E-state index in [1.807, 2.05) is 6.07 Å². The molecule has 1 aromatic carbocycles. The number of carboxylic acid groups (broad SMARTS) is 1. The van der Waals surface area contributed by atoms with E-state index in [1.54, 1.807) is 30.3 Å². The second kappa shape index (κ2) is 6.03. The van der Waals surface area contributed by atoms with Gasteiger partial charge in [0, 0.05) is 0 Å². The van der Waals surface area contributed by atoms with E-state index in [1.165, 1.54) is 0 Å². The SMILES string of the molecule is N#CCS(=O)C(Cc1ccccc1)C(=O)O. The van der Waals surface area contributed by atoms with Crippen molar-refractivity contribution in [1.82, 2.24) is 0 Å². The highest BCUT2D eigenvalue weighted by Gasteiger charge is 2.24. The van der Waals surface area contributed by atoms with Crippen molar-refractivity contribution in [2.45, 2.75) is 11.7 Å². The highest BCUT2D eigenvalue weighted by molar-refractivity contribution is 7.86. The normalized spacial score (nSPS) is 13.7. The fourth-order valence-electron chi connectivity index (χ4n) is 1.29. The second-order valence-corrected chi connectivity index (χ2v) is 4.82. The molecule has 0 amide bonds. The predicted molar refractivity (Wildman–Crippen MR) is 60.2 cm³/mol. The Morgan fingerprint density at radius 3 is 2.56 bits per heavy atom. The van der Waals surface area contributed by atoms with Gasteiger partial charge in [-0.15, -0.1) is 0 Å². The number of rotatable bonds is 5. The van der Waals surface area contributed by atoms with Gasteiger partial charge >= 0.3 is 5.97 Å². The predicted octanol–water partition coefficient (Wildman–Crippen LogP) is 0.955. The summed E-state index contributed by atoms with van der Waals surface area (Å²) < 4.78 is 11.5. The van der Waals surface area contributed by atoms with Crippen LogP contribution >= 0.6 is 0 Å². The molecule has 0 heterocycles. The number of benzene rings is 1. The van der Waals surface area contributed by atoms with Crippen LogP contribution in [0.2, 0.25) is 0 Å². The molecule has 0 saturated heterocycles. The number of carboxylic acids is 1. The Labute approximate surface area is 96.0 Å². The molecule has 2 atom stereocenters. The van der Waals surface area contributed by atoms with Crippen molar-refractivity contribution in [3.63, 3.8) is 0 Å². The number of nitrogens with zero attached hydrogens (tertiary/aromatic N) is 1. The van der Waals surface area contributed by atoms with Crippen LogP contribution in [0.4, 0.5) is 0 Å². The Bertz CT molecular complexity index is 425. The second-order valence-electron chi connectivity index (χ2n) is 3.20. The van der Waals surface area contributed by atoms with Crippen molar-refractivity contribution in [3.05, 3.63) is 35.9 Å². The highest BCUT2D eigenvalue weighted by atomic mass is 32.2. The lowest BCUT2D eigenvalue weighted by Gasteiger charge is -2.09. The van der Waals surface area contributed by atoms with Gasteiger partial charge in [0.15, 0.2) is 0 Å². The minimum atomic E-state index is -1.65. The van der Waals surface area contributed by atoms with Crippen LogP contribution in [0, 0.1) is 11.3 Å². The molecule has 0 aliphatic heterocycles. The van der Waals surface area contributed by atoms with E-state index in [9.17, 15) is 9.00 Å². The molecule has 1 N–H and O–H groups in total. The number of aliphatic carboxylic acids is 1. The molecule has 0 aliphatic carbocycles. The quantitative estimate of drug-likeness (QED) is 0.827. The highest BCUT2D eigenvalue weighted by Crippen LogP contribution is 2.08. The standard InChI is InChI=1S/C11H11NO3S/c12-6-7-16(15)10(11(13)14)8-9-4-2-1-3-5-9/h1-5,10H,7-8H2,(H,13,14). The van der Waals surface area contributed by atoms with Gasteiger partial charge in [-0.25, -0.2) is 0 Å². The number of hydrogen-bond acceptors (Lipinski definition) is 3. The third kappa shape index (κ3) is 3.48. The van der Waals surface area contributed by atoms with E-state index in [4.69, 9.17) is 10.4 Å². The first-order valence-corrected chi connectivity index (χ1v) is 6.04. The molecule has 0 aromatic heterocycles. The maximum absolute atomic E-state index is 11.5. The first-order valence-electron chi connectivity index (χ1n) is 4.66. The Balaban J connectivity index is 2.78. The number of hydrogen-bond donors (Lipinski definition) is 1. The van der Waals surface area contributed by atoms with Crippen LogP contribution in [-0.4, -0.2) is 26.3 Å². The van der Waals surface area contributed by atoms with Crippen molar-refractivity contribution < 1.29 is 14.1 Å². The molecule has 4 nitrogen and oxygen atoms in total. The topological polar surface area (TPSA) is 78.2 Å². The van der Waals surface area contributed by atoms with Gasteiger partial charge in [-0.2, -0.15) is 5.26 Å². The van der Waals surface area contributed by atoms with Crippen LogP contribution < -0.4 is 0 Å². The number of carbonyl (C=O) groups is 1. The molecule has 2 unspecified atom stereocenters. The van der Waals surface area contributed by atoms with E-state index in [-0.39, 0.29) is 12.2 Å². The van der Waals surface area contributed by atoms with E-state index in [0.717, 1.165) is 5.56 Å². The third-order valence-electron chi connectivity index (χ3n) is 2.06. The van der Waals surface area contributed by atoms with Gasteiger partial charge in [0.05, 0.1) is 16.9 Å². The van der Waals surface area contributed by atoms with Gasteiger partial charge in [-0.3, -0.25) is 9.00 Å². The van der Waals surface area contributed by atoms with Crippen LogP contribution in [0.15, 0.2) is 30.3 Å². The van der Waals surface area contributed by atoms with Crippen molar-refractivity contribution in [1.29, 1.82) is 5.26 Å². The zero-order valence-electron chi connectivity index (χ0n) is 8.50. The van der Waals surface area contributed by atoms with Gasteiger partial charge in [0.25, 0.3) is 0 Å². The minimum absolute atomic E-state index is 0.185. The number of nitriles is 1. The lowest BCUT2D eigenvalue weighted by Crippen LogP contribution is -2.29. The molecule has 16 heavy (non-hydrogen) atoms. The summed E-state index contributed by atoms with van der Waals surface area (Å²) in [6.45, 7) is 0. The average Bonchev–Trinajstić information content (AvgIpc) is 2.27. The van der Waals surface area contributed by atoms with Gasteiger partial charge in [0.2, 0.25) is 0 Å². The fraction of sp³-hybridized carbons (Fsp3) is 0.273. The van der Waals surface area contributed by atoms with Crippen LogP contribution in [0.25, 0.3) is 0 Å². The van der Waals surface area contributed by atoms with Crippen LogP contribution in [0.5, 0.6) is 0 Å². The Hall–Kier alpha value is -1.67. The first-order chi connectivity index (χ1) is 7.65. The molecule has 84 valence electrons. The molecular weight excluding hydrogens is 226 g/mol. The molecule has 0 bridgehead atoms. The summed E-state index contributed by atoms with van der Waals surface area (Å²) in [6, 6.07) is 10.7. The Kier molecular flexibility index (Phi) is 4.67. The monoisotopic (exact) mass is 237 g/mol. The Morgan fingerprint density at radius 2 is 2.06 bits per heavy atom. The lowest BCUT2D eigenvalue weighted by molar-refractivity contribution is -0.136. The molecule has 0 aliphatic rings. The first kappa shape index (κ1) is 12.4. The summed E-state index contributed by atoms with van der Waals surface area (Å²) in [5.41, 5.74) is 0.807. The zero-order valence-corrected chi connectivity index (χ0v) is 9.31. The maximum Gasteiger partial charge on any atom is 0.319 e. The smallest absolute Gasteiger partial charge is 0.319 e. The molecule has 1 aromatic rings. The molecule has 0 radical (unpaired) electrons. The summed E-state index contributed by atoms with van der Waals surface area (Å²) in [5, 5.41) is 16.3. The van der Waals surface area contributed by atoms with Gasteiger partial charge < -0.3 is 5.11 Å². The van der Waals surface area contributed by atoms with Gasteiger partial charge in [-0.05, 0) is 12.0 Å². The van der Waals surface area contributed by atoms with Crippen LogP contribution in [0.3, 0.4) is 0 Å². The summed E-state index contributed by atoms with van der Waals surface area (Å²) in [6.07, 6.45) is 0.185.